The van der Waals surface area contributed by atoms with Gasteiger partial charge >= 0.3 is 0 Å². The van der Waals surface area contributed by atoms with Crippen LogP contribution in [0.5, 0.6) is 0 Å². The molecular weight excluding hydrogens is 339 g/mol. The second kappa shape index (κ2) is 7.78. The molecule has 1 aromatic heterocycles. The van der Waals surface area contributed by atoms with E-state index in [-0.39, 0.29) is 23.5 Å². The van der Waals surface area contributed by atoms with Crippen LogP contribution in [0.1, 0.15) is 28.1 Å². The molecule has 0 N–H and O–H groups in total. The molecule has 25 heavy (non-hydrogen) atoms. The minimum absolute atomic E-state index is 0.0561. The SMILES string of the molecule is CN(Cc1ccc(F)cc1)C(=O)C1CCN(C(=O)c2cccs2)CC1. The van der Waals surface area contributed by atoms with Gasteiger partial charge in [-0.15, -0.1) is 11.3 Å². The summed E-state index contributed by atoms with van der Waals surface area (Å²) in [5, 5.41) is 1.90. The summed E-state index contributed by atoms with van der Waals surface area (Å²) in [6, 6.07) is 9.91. The standard InChI is InChI=1S/C19H21FN2O2S/c1-21(13-14-4-6-16(20)7-5-14)18(23)15-8-10-22(11-9-15)19(24)17-3-2-12-25-17/h2-7,12,15H,8-11,13H2,1H3. The van der Waals surface area contributed by atoms with Crippen LogP contribution in [-0.4, -0.2) is 41.8 Å². The Hall–Kier alpha value is -2.21. The van der Waals surface area contributed by atoms with Gasteiger partial charge in [0.25, 0.3) is 5.91 Å². The third-order valence-corrected chi connectivity index (χ3v) is 5.43. The Morgan fingerprint density at radius 1 is 1.20 bits per heavy atom. The summed E-state index contributed by atoms with van der Waals surface area (Å²) in [6.07, 6.45) is 1.37. The van der Waals surface area contributed by atoms with E-state index in [9.17, 15) is 14.0 Å². The molecular formula is C19H21FN2O2S. The quantitative estimate of drug-likeness (QED) is 0.838. The first-order valence-electron chi connectivity index (χ1n) is 8.37. The summed E-state index contributed by atoms with van der Waals surface area (Å²) in [5.74, 6) is -0.188. The van der Waals surface area contributed by atoms with E-state index in [2.05, 4.69) is 0 Å². The predicted molar refractivity (Wildman–Crippen MR) is 95.8 cm³/mol. The molecule has 2 aromatic rings. The number of carbonyl (C=O) groups excluding carboxylic acids is 2. The fourth-order valence-corrected chi connectivity index (χ4v) is 3.83. The molecule has 2 heterocycles. The molecule has 0 aliphatic carbocycles. The number of likely N-dealkylation sites (tertiary alicyclic amines) is 1. The van der Waals surface area contributed by atoms with Crippen molar-refractivity contribution < 1.29 is 14.0 Å². The molecule has 0 unspecified atom stereocenters. The highest BCUT2D eigenvalue weighted by molar-refractivity contribution is 7.12. The van der Waals surface area contributed by atoms with E-state index in [1.54, 1.807) is 24.1 Å². The fourth-order valence-electron chi connectivity index (χ4n) is 3.14. The lowest BCUT2D eigenvalue weighted by Crippen LogP contribution is -2.43. The van der Waals surface area contributed by atoms with Crippen molar-refractivity contribution in [3.63, 3.8) is 0 Å². The molecule has 2 amide bonds. The number of halogens is 1. The van der Waals surface area contributed by atoms with Crippen molar-refractivity contribution in [1.82, 2.24) is 9.80 Å². The lowest BCUT2D eigenvalue weighted by atomic mass is 9.95. The van der Waals surface area contributed by atoms with Gasteiger partial charge in [0.15, 0.2) is 0 Å². The van der Waals surface area contributed by atoms with Crippen molar-refractivity contribution in [3.8, 4) is 0 Å². The maximum absolute atomic E-state index is 13.0. The molecule has 1 aliphatic rings. The number of rotatable bonds is 4. The van der Waals surface area contributed by atoms with Crippen LogP contribution in [0.2, 0.25) is 0 Å². The van der Waals surface area contributed by atoms with Crippen molar-refractivity contribution in [3.05, 3.63) is 58.0 Å². The van der Waals surface area contributed by atoms with Crippen molar-refractivity contribution in [2.45, 2.75) is 19.4 Å². The highest BCUT2D eigenvalue weighted by atomic mass is 32.1. The molecule has 1 aliphatic heterocycles. The monoisotopic (exact) mass is 360 g/mol. The predicted octanol–water partition coefficient (Wildman–Crippen LogP) is 3.40. The number of piperidine rings is 1. The molecule has 1 saturated heterocycles. The van der Waals surface area contributed by atoms with Gasteiger partial charge in [-0.25, -0.2) is 4.39 Å². The second-order valence-electron chi connectivity index (χ2n) is 6.36. The van der Waals surface area contributed by atoms with E-state index >= 15 is 0 Å². The number of nitrogens with zero attached hydrogens (tertiary/aromatic N) is 2. The van der Waals surface area contributed by atoms with Crippen LogP contribution in [0.15, 0.2) is 41.8 Å². The molecule has 3 rings (SSSR count). The Balaban J connectivity index is 1.52. The van der Waals surface area contributed by atoms with Crippen LogP contribution in [0.25, 0.3) is 0 Å². The third kappa shape index (κ3) is 4.25. The Morgan fingerprint density at radius 3 is 2.48 bits per heavy atom. The summed E-state index contributed by atoms with van der Waals surface area (Å²) < 4.78 is 13.0. The van der Waals surface area contributed by atoms with Gasteiger partial charge in [0.05, 0.1) is 4.88 Å². The number of carbonyl (C=O) groups is 2. The zero-order chi connectivity index (χ0) is 17.8. The van der Waals surface area contributed by atoms with Crippen LogP contribution in [0.4, 0.5) is 4.39 Å². The first-order chi connectivity index (χ1) is 12.0. The molecule has 0 bridgehead atoms. The normalized spacial score (nSPS) is 15.2. The van der Waals surface area contributed by atoms with Gasteiger partial charge in [0.2, 0.25) is 5.91 Å². The van der Waals surface area contributed by atoms with Crippen molar-refractivity contribution in [1.29, 1.82) is 0 Å². The van der Waals surface area contributed by atoms with Gasteiger partial charge in [-0.05, 0) is 42.0 Å². The van der Waals surface area contributed by atoms with E-state index in [1.807, 2.05) is 22.4 Å². The third-order valence-electron chi connectivity index (χ3n) is 4.57. The number of amides is 2. The zero-order valence-electron chi connectivity index (χ0n) is 14.2. The van der Waals surface area contributed by atoms with Crippen LogP contribution < -0.4 is 0 Å². The zero-order valence-corrected chi connectivity index (χ0v) is 15.0. The summed E-state index contributed by atoms with van der Waals surface area (Å²) in [4.78, 5) is 29.2. The molecule has 1 fully saturated rings. The minimum Gasteiger partial charge on any atom is -0.341 e. The van der Waals surface area contributed by atoms with Gasteiger partial charge in [-0.3, -0.25) is 9.59 Å². The molecule has 4 nitrogen and oxygen atoms in total. The summed E-state index contributed by atoms with van der Waals surface area (Å²) in [5.41, 5.74) is 0.905. The first kappa shape index (κ1) is 17.6. The molecule has 0 atom stereocenters. The van der Waals surface area contributed by atoms with Gasteiger partial charge < -0.3 is 9.80 Å². The van der Waals surface area contributed by atoms with Crippen LogP contribution in [0, 0.1) is 11.7 Å². The largest absolute Gasteiger partial charge is 0.341 e. The van der Waals surface area contributed by atoms with Crippen molar-refractivity contribution in [2.75, 3.05) is 20.1 Å². The lowest BCUT2D eigenvalue weighted by molar-refractivity contribution is -0.136. The van der Waals surface area contributed by atoms with Gasteiger partial charge in [0.1, 0.15) is 5.82 Å². The molecule has 0 spiro atoms. The lowest BCUT2D eigenvalue weighted by Gasteiger charge is -2.33. The van der Waals surface area contributed by atoms with Crippen molar-refractivity contribution >= 4 is 23.2 Å². The van der Waals surface area contributed by atoms with E-state index in [4.69, 9.17) is 0 Å². The van der Waals surface area contributed by atoms with E-state index < -0.39 is 0 Å². The Kier molecular flexibility index (Phi) is 5.48. The van der Waals surface area contributed by atoms with Crippen molar-refractivity contribution in [2.24, 2.45) is 5.92 Å². The maximum Gasteiger partial charge on any atom is 0.263 e. The molecule has 0 saturated carbocycles. The fraction of sp³-hybridized carbons (Fsp3) is 0.368. The summed E-state index contributed by atoms with van der Waals surface area (Å²) in [6.45, 7) is 1.68. The van der Waals surface area contributed by atoms with Crippen LogP contribution in [-0.2, 0) is 11.3 Å². The van der Waals surface area contributed by atoms with Crippen LogP contribution in [0.3, 0.4) is 0 Å². The molecule has 6 heteroatoms. The topological polar surface area (TPSA) is 40.6 Å². The number of thiophene rings is 1. The molecule has 0 radical (unpaired) electrons. The first-order valence-corrected chi connectivity index (χ1v) is 9.25. The van der Waals surface area contributed by atoms with E-state index in [1.165, 1.54) is 23.5 Å². The van der Waals surface area contributed by atoms with Gasteiger partial charge in [0, 0.05) is 32.6 Å². The van der Waals surface area contributed by atoms with E-state index in [0.717, 1.165) is 10.4 Å². The van der Waals surface area contributed by atoms with E-state index in [0.29, 0.717) is 32.5 Å². The smallest absolute Gasteiger partial charge is 0.263 e. The average Bonchev–Trinajstić information content (AvgIpc) is 3.17. The number of hydrogen-bond acceptors (Lipinski definition) is 3. The van der Waals surface area contributed by atoms with Gasteiger partial charge in [-0.2, -0.15) is 0 Å². The Labute approximate surface area is 150 Å². The highest BCUT2D eigenvalue weighted by Crippen LogP contribution is 2.22. The maximum atomic E-state index is 13.0. The number of hydrogen-bond donors (Lipinski definition) is 0. The second-order valence-corrected chi connectivity index (χ2v) is 7.31. The summed E-state index contributed by atoms with van der Waals surface area (Å²) in [7, 11) is 1.77. The summed E-state index contributed by atoms with van der Waals surface area (Å²) >= 11 is 1.45. The minimum atomic E-state index is -0.277. The Morgan fingerprint density at radius 2 is 1.88 bits per heavy atom. The Bertz CT molecular complexity index is 722. The molecule has 1 aromatic carbocycles. The number of benzene rings is 1. The van der Waals surface area contributed by atoms with Crippen LogP contribution >= 0.6 is 11.3 Å². The average molecular weight is 360 g/mol. The molecule has 132 valence electrons. The van der Waals surface area contributed by atoms with Gasteiger partial charge in [-0.1, -0.05) is 18.2 Å². The highest BCUT2D eigenvalue weighted by Gasteiger charge is 2.29.